The SMILES string of the molecule is COc1ccccc1CN(CC(=O)N1CCN(c2ccccc2)CC1)C(C)=O. The van der Waals surface area contributed by atoms with E-state index in [9.17, 15) is 9.59 Å². The fraction of sp³-hybridized carbons (Fsp3) is 0.364. The van der Waals surface area contributed by atoms with E-state index in [0.29, 0.717) is 19.6 Å². The lowest BCUT2D eigenvalue weighted by atomic mass is 10.2. The predicted octanol–water partition coefficient (Wildman–Crippen LogP) is 2.39. The Bertz CT molecular complexity index is 802. The molecule has 0 saturated carbocycles. The van der Waals surface area contributed by atoms with Gasteiger partial charge in [-0.3, -0.25) is 9.59 Å². The van der Waals surface area contributed by atoms with E-state index in [1.807, 2.05) is 47.4 Å². The number of carbonyl (C=O) groups excluding carboxylic acids is 2. The molecule has 0 unspecified atom stereocenters. The number of para-hydroxylation sites is 2. The van der Waals surface area contributed by atoms with Crippen molar-refractivity contribution < 1.29 is 14.3 Å². The molecule has 0 N–H and O–H groups in total. The van der Waals surface area contributed by atoms with Crippen LogP contribution in [0.5, 0.6) is 5.75 Å². The molecule has 1 aliphatic rings. The fourth-order valence-corrected chi connectivity index (χ4v) is 3.43. The Morgan fingerprint density at radius 3 is 2.25 bits per heavy atom. The van der Waals surface area contributed by atoms with Gasteiger partial charge in [0.05, 0.1) is 7.11 Å². The van der Waals surface area contributed by atoms with Crippen LogP contribution in [0.25, 0.3) is 0 Å². The number of anilines is 1. The summed E-state index contributed by atoms with van der Waals surface area (Å²) in [5.41, 5.74) is 2.07. The lowest BCUT2D eigenvalue weighted by molar-refractivity contribution is -0.140. The Labute approximate surface area is 166 Å². The van der Waals surface area contributed by atoms with Gasteiger partial charge < -0.3 is 19.4 Å². The lowest BCUT2D eigenvalue weighted by Crippen LogP contribution is -2.51. The van der Waals surface area contributed by atoms with E-state index < -0.39 is 0 Å². The first-order valence-electron chi connectivity index (χ1n) is 9.53. The van der Waals surface area contributed by atoms with Gasteiger partial charge in [-0.15, -0.1) is 0 Å². The number of benzene rings is 2. The maximum Gasteiger partial charge on any atom is 0.242 e. The Morgan fingerprint density at radius 1 is 0.964 bits per heavy atom. The van der Waals surface area contributed by atoms with Gasteiger partial charge in [-0.2, -0.15) is 0 Å². The highest BCUT2D eigenvalue weighted by molar-refractivity contribution is 5.84. The van der Waals surface area contributed by atoms with Crippen molar-refractivity contribution in [3.63, 3.8) is 0 Å². The minimum atomic E-state index is -0.123. The average molecular weight is 381 g/mol. The van der Waals surface area contributed by atoms with Crippen molar-refractivity contribution in [3.8, 4) is 5.75 Å². The summed E-state index contributed by atoms with van der Waals surface area (Å²) in [7, 11) is 1.61. The first-order valence-corrected chi connectivity index (χ1v) is 9.53. The molecule has 0 radical (unpaired) electrons. The maximum atomic E-state index is 12.8. The molecule has 2 amide bonds. The molecular formula is C22H27N3O3. The summed E-state index contributed by atoms with van der Waals surface area (Å²) in [6, 6.07) is 17.8. The molecule has 0 aliphatic carbocycles. The Balaban J connectivity index is 1.58. The molecule has 1 aliphatic heterocycles. The van der Waals surface area contributed by atoms with E-state index in [1.165, 1.54) is 12.6 Å². The summed E-state index contributed by atoms with van der Waals surface area (Å²) in [6.45, 7) is 4.84. The number of hydrogen-bond acceptors (Lipinski definition) is 4. The molecule has 0 atom stereocenters. The first kappa shape index (κ1) is 19.7. The molecular weight excluding hydrogens is 354 g/mol. The Hall–Kier alpha value is -3.02. The van der Waals surface area contributed by atoms with Crippen molar-refractivity contribution in [2.75, 3.05) is 44.7 Å². The van der Waals surface area contributed by atoms with Crippen molar-refractivity contribution in [1.82, 2.24) is 9.80 Å². The Kier molecular flexibility index (Phi) is 6.53. The van der Waals surface area contributed by atoms with Gasteiger partial charge in [0.2, 0.25) is 11.8 Å². The van der Waals surface area contributed by atoms with Crippen molar-refractivity contribution in [2.45, 2.75) is 13.5 Å². The van der Waals surface area contributed by atoms with Gasteiger partial charge in [0.25, 0.3) is 0 Å². The van der Waals surface area contributed by atoms with Crippen LogP contribution in [0.4, 0.5) is 5.69 Å². The van der Waals surface area contributed by atoms with E-state index in [2.05, 4.69) is 17.0 Å². The number of hydrogen-bond donors (Lipinski definition) is 0. The number of piperazine rings is 1. The molecule has 1 fully saturated rings. The zero-order valence-electron chi connectivity index (χ0n) is 16.5. The summed E-state index contributed by atoms with van der Waals surface area (Å²) in [4.78, 5) is 30.6. The fourth-order valence-electron chi connectivity index (χ4n) is 3.43. The van der Waals surface area contributed by atoms with Crippen molar-refractivity contribution in [1.29, 1.82) is 0 Å². The van der Waals surface area contributed by atoms with Gasteiger partial charge in [0, 0.05) is 50.9 Å². The largest absolute Gasteiger partial charge is 0.496 e. The Morgan fingerprint density at radius 2 is 1.61 bits per heavy atom. The third kappa shape index (κ3) is 4.82. The topological polar surface area (TPSA) is 53.1 Å². The number of amides is 2. The molecule has 0 bridgehead atoms. The molecule has 148 valence electrons. The molecule has 1 heterocycles. The predicted molar refractivity (Wildman–Crippen MR) is 109 cm³/mol. The number of carbonyl (C=O) groups is 2. The van der Waals surface area contributed by atoms with Gasteiger partial charge in [0.15, 0.2) is 0 Å². The molecule has 0 aromatic heterocycles. The molecule has 3 rings (SSSR count). The summed E-state index contributed by atoms with van der Waals surface area (Å²) >= 11 is 0. The maximum absolute atomic E-state index is 12.8. The standard InChI is InChI=1S/C22H27N3O3/c1-18(26)25(16-19-8-6-7-11-21(19)28-2)17-22(27)24-14-12-23(13-15-24)20-9-4-3-5-10-20/h3-11H,12-17H2,1-2H3. The molecule has 2 aromatic carbocycles. The van der Waals surface area contributed by atoms with Crippen LogP contribution in [0.3, 0.4) is 0 Å². The smallest absolute Gasteiger partial charge is 0.242 e. The van der Waals surface area contributed by atoms with E-state index in [1.54, 1.807) is 12.0 Å². The number of ether oxygens (including phenoxy) is 1. The van der Waals surface area contributed by atoms with Gasteiger partial charge in [-0.1, -0.05) is 36.4 Å². The van der Waals surface area contributed by atoms with Crippen LogP contribution in [-0.4, -0.2) is 61.4 Å². The van der Waals surface area contributed by atoms with E-state index in [4.69, 9.17) is 4.74 Å². The number of methoxy groups -OCH3 is 1. The molecule has 0 spiro atoms. The second-order valence-corrected chi connectivity index (χ2v) is 6.89. The van der Waals surface area contributed by atoms with Crippen molar-refractivity contribution in [3.05, 3.63) is 60.2 Å². The molecule has 6 heteroatoms. The summed E-state index contributed by atoms with van der Waals surface area (Å²) in [6.07, 6.45) is 0. The normalized spacial score (nSPS) is 13.9. The van der Waals surface area contributed by atoms with E-state index in [-0.39, 0.29) is 18.4 Å². The third-order valence-electron chi connectivity index (χ3n) is 5.08. The highest BCUT2D eigenvalue weighted by Gasteiger charge is 2.24. The summed E-state index contributed by atoms with van der Waals surface area (Å²) < 4.78 is 5.36. The lowest BCUT2D eigenvalue weighted by Gasteiger charge is -2.37. The van der Waals surface area contributed by atoms with Crippen LogP contribution in [0, 0.1) is 0 Å². The second-order valence-electron chi connectivity index (χ2n) is 6.89. The highest BCUT2D eigenvalue weighted by atomic mass is 16.5. The summed E-state index contributed by atoms with van der Waals surface area (Å²) in [5, 5.41) is 0. The highest BCUT2D eigenvalue weighted by Crippen LogP contribution is 2.20. The zero-order chi connectivity index (χ0) is 19.9. The second kappa shape index (κ2) is 9.26. The van der Waals surface area contributed by atoms with Crippen LogP contribution >= 0.6 is 0 Å². The minimum absolute atomic E-state index is 0.0159. The summed E-state index contributed by atoms with van der Waals surface area (Å²) in [5.74, 6) is 0.581. The van der Waals surface area contributed by atoms with Crippen LogP contribution < -0.4 is 9.64 Å². The van der Waals surface area contributed by atoms with E-state index >= 15 is 0 Å². The molecule has 2 aromatic rings. The quantitative estimate of drug-likeness (QED) is 0.771. The van der Waals surface area contributed by atoms with Gasteiger partial charge >= 0.3 is 0 Å². The van der Waals surface area contributed by atoms with Gasteiger partial charge in [-0.05, 0) is 18.2 Å². The van der Waals surface area contributed by atoms with Gasteiger partial charge in [0.1, 0.15) is 12.3 Å². The van der Waals surface area contributed by atoms with Crippen LogP contribution in [-0.2, 0) is 16.1 Å². The van der Waals surface area contributed by atoms with Crippen molar-refractivity contribution in [2.24, 2.45) is 0 Å². The van der Waals surface area contributed by atoms with E-state index in [0.717, 1.165) is 24.4 Å². The average Bonchev–Trinajstić information content (AvgIpc) is 2.74. The molecule has 1 saturated heterocycles. The van der Waals surface area contributed by atoms with Gasteiger partial charge in [-0.25, -0.2) is 0 Å². The van der Waals surface area contributed by atoms with Crippen molar-refractivity contribution >= 4 is 17.5 Å². The monoisotopic (exact) mass is 381 g/mol. The van der Waals surface area contributed by atoms with Crippen LogP contribution in [0.2, 0.25) is 0 Å². The molecule has 6 nitrogen and oxygen atoms in total. The minimum Gasteiger partial charge on any atom is -0.496 e. The first-order chi connectivity index (χ1) is 13.6. The molecule has 28 heavy (non-hydrogen) atoms. The van der Waals surface area contributed by atoms with Crippen LogP contribution in [0.15, 0.2) is 54.6 Å². The third-order valence-corrected chi connectivity index (χ3v) is 5.08. The zero-order valence-corrected chi connectivity index (χ0v) is 16.5. The van der Waals surface area contributed by atoms with Crippen LogP contribution in [0.1, 0.15) is 12.5 Å². The number of rotatable bonds is 6. The number of nitrogens with zero attached hydrogens (tertiary/aromatic N) is 3.